The number of aliphatic imine (C=N–C) groups is 1. The quantitative estimate of drug-likeness (QED) is 0.629. The second kappa shape index (κ2) is 8.86. The fraction of sp³-hybridized carbons (Fsp3) is 0.278. The maximum Gasteiger partial charge on any atom is 0.387 e. The van der Waals surface area contributed by atoms with E-state index in [1.807, 2.05) is 18.2 Å². The van der Waals surface area contributed by atoms with Gasteiger partial charge in [-0.2, -0.15) is 8.78 Å². The van der Waals surface area contributed by atoms with Crippen molar-refractivity contribution in [3.8, 4) is 5.75 Å². The number of hydrogen-bond acceptors (Lipinski definition) is 2. The molecule has 2 aromatic rings. The molecule has 0 aliphatic heterocycles. The Balaban J connectivity index is 1.89. The standard InChI is InChI=1S/C18H21F2N3O/c1-13-6-3-4-8-15(13)12-23-18(21-2)22-11-14-7-5-9-16(10-14)24-17(19)20/h3-10,17H,11-12H2,1-2H3,(H2,21,22,23). The minimum Gasteiger partial charge on any atom is -0.435 e. The number of rotatable bonds is 6. The van der Waals surface area contributed by atoms with Crippen LogP contribution in [0.5, 0.6) is 5.75 Å². The van der Waals surface area contributed by atoms with Crippen molar-refractivity contribution in [1.82, 2.24) is 10.6 Å². The van der Waals surface area contributed by atoms with Crippen LogP contribution in [0.4, 0.5) is 8.78 Å². The average molecular weight is 333 g/mol. The van der Waals surface area contributed by atoms with E-state index in [-0.39, 0.29) is 5.75 Å². The summed E-state index contributed by atoms with van der Waals surface area (Å²) in [5.74, 6) is 0.783. The number of ether oxygens (including phenoxy) is 1. The zero-order valence-electron chi connectivity index (χ0n) is 13.7. The van der Waals surface area contributed by atoms with Crippen LogP contribution < -0.4 is 15.4 Å². The average Bonchev–Trinajstić information content (AvgIpc) is 2.56. The molecule has 0 saturated carbocycles. The maximum absolute atomic E-state index is 12.2. The molecule has 0 fully saturated rings. The van der Waals surface area contributed by atoms with E-state index >= 15 is 0 Å². The van der Waals surface area contributed by atoms with Gasteiger partial charge in [-0.05, 0) is 35.7 Å². The van der Waals surface area contributed by atoms with Gasteiger partial charge in [0.25, 0.3) is 0 Å². The molecule has 0 heterocycles. The summed E-state index contributed by atoms with van der Waals surface area (Å²) in [6.07, 6.45) is 0. The Morgan fingerprint density at radius 3 is 2.54 bits per heavy atom. The second-order valence-corrected chi connectivity index (χ2v) is 5.23. The van der Waals surface area contributed by atoms with E-state index in [2.05, 4.69) is 39.4 Å². The van der Waals surface area contributed by atoms with Crippen LogP contribution in [0.3, 0.4) is 0 Å². The van der Waals surface area contributed by atoms with E-state index < -0.39 is 6.61 Å². The summed E-state index contributed by atoms with van der Waals surface area (Å²) < 4.78 is 28.9. The fourth-order valence-electron chi connectivity index (χ4n) is 2.23. The van der Waals surface area contributed by atoms with Crippen molar-refractivity contribution < 1.29 is 13.5 Å². The van der Waals surface area contributed by atoms with Gasteiger partial charge >= 0.3 is 6.61 Å². The van der Waals surface area contributed by atoms with Gasteiger partial charge in [-0.25, -0.2) is 0 Å². The number of benzene rings is 2. The molecule has 2 rings (SSSR count). The van der Waals surface area contributed by atoms with Gasteiger partial charge in [-0.15, -0.1) is 0 Å². The summed E-state index contributed by atoms with van der Waals surface area (Å²) in [6.45, 7) is 0.341. The third-order valence-corrected chi connectivity index (χ3v) is 3.51. The smallest absolute Gasteiger partial charge is 0.387 e. The van der Waals surface area contributed by atoms with Gasteiger partial charge in [0.05, 0.1) is 0 Å². The minimum absolute atomic E-state index is 0.146. The summed E-state index contributed by atoms with van der Waals surface area (Å²) in [5, 5.41) is 6.38. The molecule has 128 valence electrons. The van der Waals surface area contributed by atoms with Crippen molar-refractivity contribution >= 4 is 5.96 Å². The van der Waals surface area contributed by atoms with E-state index in [1.165, 1.54) is 17.2 Å². The first-order chi connectivity index (χ1) is 11.6. The van der Waals surface area contributed by atoms with Crippen LogP contribution in [-0.2, 0) is 13.1 Å². The summed E-state index contributed by atoms with van der Waals surface area (Å²) in [6, 6.07) is 14.7. The highest BCUT2D eigenvalue weighted by Crippen LogP contribution is 2.15. The van der Waals surface area contributed by atoms with E-state index in [0.29, 0.717) is 19.0 Å². The van der Waals surface area contributed by atoms with Gasteiger partial charge < -0.3 is 15.4 Å². The number of aryl methyl sites for hydroxylation is 1. The van der Waals surface area contributed by atoms with Crippen LogP contribution in [0.25, 0.3) is 0 Å². The summed E-state index contributed by atoms with van der Waals surface area (Å²) in [5.41, 5.74) is 3.22. The fourth-order valence-corrected chi connectivity index (χ4v) is 2.23. The Morgan fingerprint density at radius 2 is 1.83 bits per heavy atom. The van der Waals surface area contributed by atoms with Crippen LogP contribution in [0.2, 0.25) is 0 Å². The molecule has 0 radical (unpaired) electrons. The van der Waals surface area contributed by atoms with E-state index in [0.717, 1.165) is 5.56 Å². The van der Waals surface area contributed by atoms with Crippen LogP contribution in [0.1, 0.15) is 16.7 Å². The molecular weight excluding hydrogens is 312 g/mol. The largest absolute Gasteiger partial charge is 0.435 e. The maximum atomic E-state index is 12.2. The SMILES string of the molecule is CN=C(NCc1cccc(OC(F)F)c1)NCc1ccccc1C. The lowest BCUT2D eigenvalue weighted by molar-refractivity contribution is -0.0498. The topological polar surface area (TPSA) is 45.7 Å². The van der Waals surface area contributed by atoms with Gasteiger partial charge in [-0.1, -0.05) is 36.4 Å². The predicted molar refractivity (Wildman–Crippen MR) is 91.3 cm³/mol. The highest BCUT2D eigenvalue weighted by molar-refractivity contribution is 5.79. The van der Waals surface area contributed by atoms with Gasteiger partial charge in [0.1, 0.15) is 5.75 Å². The van der Waals surface area contributed by atoms with Crippen LogP contribution in [0.15, 0.2) is 53.5 Å². The van der Waals surface area contributed by atoms with Crippen molar-refractivity contribution in [2.24, 2.45) is 4.99 Å². The lowest BCUT2D eigenvalue weighted by Gasteiger charge is -2.13. The molecule has 0 amide bonds. The highest BCUT2D eigenvalue weighted by atomic mass is 19.3. The number of alkyl halides is 2. The summed E-state index contributed by atoms with van der Waals surface area (Å²) >= 11 is 0. The van der Waals surface area contributed by atoms with E-state index in [1.54, 1.807) is 19.2 Å². The molecule has 6 heteroatoms. The van der Waals surface area contributed by atoms with Gasteiger partial charge in [0.15, 0.2) is 5.96 Å². The summed E-state index contributed by atoms with van der Waals surface area (Å²) in [7, 11) is 1.68. The molecule has 0 aromatic heterocycles. The zero-order chi connectivity index (χ0) is 17.4. The molecule has 0 saturated heterocycles. The van der Waals surface area contributed by atoms with Crippen molar-refractivity contribution in [2.45, 2.75) is 26.6 Å². The number of nitrogens with one attached hydrogen (secondary N) is 2. The first-order valence-electron chi connectivity index (χ1n) is 7.61. The van der Waals surface area contributed by atoms with Gasteiger partial charge in [0, 0.05) is 20.1 Å². The molecule has 0 atom stereocenters. The first kappa shape index (κ1) is 17.7. The zero-order valence-corrected chi connectivity index (χ0v) is 13.7. The number of guanidine groups is 1. The summed E-state index contributed by atoms with van der Waals surface area (Å²) in [4.78, 5) is 4.16. The van der Waals surface area contributed by atoms with E-state index in [9.17, 15) is 8.78 Å². The Morgan fingerprint density at radius 1 is 1.08 bits per heavy atom. The molecule has 0 bridgehead atoms. The van der Waals surface area contributed by atoms with Crippen molar-refractivity contribution in [3.63, 3.8) is 0 Å². The third kappa shape index (κ3) is 5.53. The second-order valence-electron chi connectivity index (χ2n) is 5.23. The van der Waals surface area contributed by atoms with Crippen molar-refractivity contribution in [3.05, 3.63) is 65.2 Å². The molecule has 24 heavy (non-hydrogen) atoms. The molecule has 2 aromatic carbocycles. The lowest BCUT2D eigenvalue weighted by atomic mass is 10.1. The van der Waals surface area contributed by atoms with Gasteiger partial charge in [-0.3, -0.25) is 4.99 Å². The van der Waals surface area contributed by atoms with Crippen LogP contribution in [-0.4, -0.2) is 19.6 Å². The molecular formula is C18H21F2N3O. The minimum atomic E-state index is -2.82. The Kier molecular flexibility index (Phi) is 6.54. The van der Waals surface area contributed by atoms with Crippen LogP contribution >= 0.6 is 0 Å². The molecule has 2 N–H and O–H groups in total. The molecule has 0 aliphatic rings. The molecule has 0 unspecified atom stereocenters. The Bertz CT molecular complexity index is 689. The molecule has 0 aliphatic carbocycles. The highest BCUT2D eigenvalue weighted by Gasteiger charge is 2.05. The van der Waals surface area contributed by atoms with Gasteiger partial charge in [0.2, 0.25) is 0 Å². The Hall–Kier alpha value is -2.63. The van der Waals surface area contributed by atoms with E-state index in [4.69, 9.17) is 0 Å². The first-order valence-corrected chi connectivity index (χ1v) is 7.61. The normalized spacial score (nSPS) is 11.5. The molecule has 4 nitrogen and oxygen atoms in total. The number of nitrogens with zero attached hydrogens (tertiary/aromatic N) is 1. The van der Waals surface area contributed by atoms with Crippen molar-refractivity contribution in [1.29, 1.82) is 0 Å². The monoisotopic (exact) mass is 333 g/mol. The lowest BCUT2D eigenvalue weighted by Crippen LogP contribution is -2.36. The van der Waals surface area contributed by atoms with Crippen LogP contribution in [0, 0.1) is 6.92 Å². The van der Waals surface area contributed by atoms with Crippen molar-refractivity contribution in [2.75, 3.05) is 7.05 Å². The molecule has 0 spiro atoms. The predicted octanol–water partition coefficient (Wildman–Crippen LogP) is 3.46. The third-order valence-electron chi connectivity index (χ3n) is 3.51. The number of halogens is 2. The number of hydrogen-bond donors (Lipinski definition) is 2. The Labute approximate surface area is 140 Å².